The van der Waals surface area contributed by atoms with E-state index >= 15 is 0 Å². The van der Waals surface area contributed by atoms with Gasteiger partial charge in [0.15, 0.2) is 0 Å². The quantitative estimate of drug-likeness (QED) is 0.775. The van der Waals surface area contributed by atoms with Crippen molar-refractivity contribution in [3.05, 3.63) is 22.5 Å². The van der Waals surface area contributed by atoms with Crippen LogP contribution in [-0.2, 0) is 23.1 Å². The maximum atomic E-state index is 6.61. The molecule has 0 amide bonds. The maximum absolute atomic E-state index is 6.61. The summed E-state index contributed by atoms with van der Waals surface area (Å²) < 4.78 is 18.7. The van der Waals surface area contributed by atoms with Crippen LogP contribution in [0.25, 0.3) is 11.4 Å². The molecule has 2 aromatic rings. The van der Waals surface area contributed by atoms with Crippen molar-refractivity contribution in [3.8, 4) is 11.4 Å². The standard InChI is InChI=1S/C19H27ClN4O3/c1-12-9-15(22-27-12)17-14(18(20)23(2)21-17)11-24-8-7-19(26-4)6-5-13(25-3)10-16(19)24/h9,13,16H,5-8,10-11H2,1-4H3/t13-,16+,19-/m1/s1. The Labute approximate surface area is 164 Å². The van der Waals surface area contributed by atoms with Crippen molar-refractivity contribution in [3.63, 3.8) is 0 Å². The van der Waals surface area contributed by atoms with Crippen LogP contribution in [-0.4, -0.2) is 58.3 Å². The third kappa shape index (κ3) is 3.20. The van der Waals surface area contributed by atoms with Gasteiger partial charge in [0.05, 0.1) is 11.7 Å². The van der Waals surface area contributed by atoms with E-state index < -0.39 is 0 Å². The lowest BCUT2D eigenvalue weighted by molar-refractivity contribution is -0.0947. The van der Waals surface area contributed by atoms with Gasteiger partial charge in [0.1, 0.15) is 22.3 Å². The molecule has 1 aliphatic heterocycles. The molecule has 3 atom stereocenters. The Morgan fingerprint density at radius 1 is 1.37 bits per heavy atom. The second-order valence-electron chi connectivity index (χ2n) is 7.70. The van der Waals surface area contributed by atoms with Crippen LogP contribution in [0.15, 0.2) is 10.6 Å². The first-order valence-electron chi connectivity index (χ1n) is 9.44. The Bertz CT molecular complexity index is 820. The minimum absolute atomic E-state index is 0.0889. The summed E-state index contributed by atoms with van der Waals surface area (Å²) in [4.78, 5) is 2.47. The summed E-state index contributed by atoms with van der Waals surface area (Å²) in [5, 5.41) is 9.37. The fourth-order valence-electron chi connectivity index (χ4n) is 4.73. The van der Waals surface area contributed by atoms with Gasteiger partial charge in [-0.2, -0.15) is 5.10 Å². The molecule has 8 heteroatoms. The molecule has 0 unspecified atom stereocenters. The van der Waals surface area contributed by atoms with Crippen molar-refractivity contribution in [2.45, 2.75) is 56.9 Å². The minimum atomic E-state index is -0.0889. The minimum Gasteiger partial charge on any atom is -0.381 e. The molecule has 0 spiro atoms. The van der Waals surface area contributed by atoms with Crippen molar-refractivity contribution >= 4 is 11.6 Å². The molecule has 3 heterocycles. The van der Waals surface area contributed by atoms with Gasteiger partial charge in [-0.05, 0) is 32.6 Å². The number of aromatic nitrogens is 3. The van der Waals surface area contributed by atoms with Gasteiger partial charge >= 0.3 is 0 Å². The van der Waals surface area contributed by atoms with E-state index in [0.717, 1.165) is 54.9 Å². The molecule has 4 rings (SSSR count). The predicted octanol–water partition coefficient (Wildman–Crippen LogP) is 3.20. The van der Waals surface area contributed by atoms with E-state index in [2.05, 4.69) is 15.2 Å². The van der Waals surface area contributed by atoms with Gasteiger partial charge in [-0.15, -0.1) is 0 Å². The fourth-order valence-corrected chi connectivity index (χ4v) is 4.92. The first-order chi connectivity index (χ1) is 13.0. The SMILES string of the molecule is CO[C@@H]1CC[C@@]2(OC)CCN(Cc3c(-c4cc(C)on4)nn(C)c3Cl)[C@H]2C1. The topological polar surface area (TPSA) is 65.6 Å². The number of hydrogen-bond donors (Lipinski definition) is 0. The molecule has 0 N–H and O–H groups in total. The molecular weight excluding hydrogens is 368 g/mol. The molecule has 148 valence electrons. The summed E-state index contributed by atoms with van der Waals surface area (Å²) >= 11 is 6.61. The number of halogens is 1. The average molecular weight is 395 g/mol. The summed E-state index contributed by atoms with van der Waals surface area (Å²) in [5.74, 6) is 0.757. The molecule has 0 aromatic carbocycles. The number of nitrogens with zero attached hydrogens (tertiary/aromatic N) is 4. The third-order valence-electron chi connectivity index (χ3n) is 6.29. The Morgan fingerprint density at radius 2 is 2.19 bits per heavy atom. The molecule has 0 bridgehead atoms. The van der Waals surface area contributed by atoms with Gasteiger partial charge in [0.2, 0.25) is 0 Å². The van der Waals surface area contributed by atoms with Crippen molar-refractivity contribution in [2.24, 2.45) is 7.05 Å². The molecular formula is C19H27ClN4O3. The van der Waals surface area contributed by atoms with Crippen LogP contribution in [0.1, 0.15) is 37.0 Å². The monoisotopic (exact) mass is 394 g/mol. The largest absolute Gasteiger partial charge is 0.381 e. The second kappa shape index (κ2) is 7.20. The summed E-state index contributed by atoms with van der Waals surface area (Å²) in [5.41, 5.74) is 2.40. The lowest BCUT2D eigenvalue weighted by atomic mass is 9.79. The Morgan fingerprint density at radius 3 is 2.85 bits per heavy atom. The molecule has 7 nitrogen and oxygen atoms in total. The van der Waals surface area contributed by atoms with E-state index in [1.54, 1.807) is 11.8 Å². The van der Waals surface area contributed by atoms with Crippen molar-refractivity contribution in [2.75, 3.05) is 20.8 Å². The van der Waals surface area contributed by atoms with E-state index in [4.69, 9.17) is 25.6 Å². The van der Waals surface area contributed by atoms with Crippen LogP contribution in [0.3, 0.4) is 0 Å². The van der Waals surface area contributed by atoms with E-state index in [-0.39, 0.29) is 11.7 Å². The molecule has 1 saturated heterocycles. The van der Waals surface area contributed by atoms with Gasteiger partial charge in [-0.1, -0.05) is 16.8 Å². The van der Waals surface area contributed by atoms with E-state index in [9.17, 15) is 0 Å². The summed E-state index contributed by atoms with van der Waals surface area (Å²) in [6, 6.07) is 2.21. The van der Waals surface area contributed by atoms with Crippen LogP contribution in [0.5, 0.6) is 0 Å². The van der Waals surface area contributed by atoms with E-state index in [1.807, 2.05) is 27.1 Å². The second-order valence-corrected chi connectivity index (χ2v) is 8.06. The lowest BCUT2D eigenvalue weighted by Crippen LogP contribution is -2.51. The van der Waals surface area contributed by atoms with E-state index in [0.29, 0.717) is 17.7 Å². The summed E-state index contributed by atoms with van der Waals surface area (Å²) in [7, 11) is 5.49. The Hall–Kier alpha value is -1.41. The third-order valence-corrected chi connectivity index (χ3v) is 6.76. The Kier molecular flexibility index (Phi) is 5.05. The van der Waals surface area contributed by atoms with Crippen LogP contribution in [0.4, 0.5) is 0 Å². The number of hydrogen-bond acceptors (Lipinski definition) is 6. The van der Waals surface area contributed by atoms with Gasteiger partial charge < -0.3 is 14.0 Å². The van der Waals surface area contributed by atoms with Crippen LogP contribution in [0.2, 0.25) is 5.15 Å². The van der Waals surface area contributed by atoms with Crippen LogP contribution >= 0.6 is 11.6 Å². The number of likely N-dealkylation sites (tertiary alicyclic amines) is 1. The Balaban J connectivity index is 1.64. The number of ether oxygens (including phenoxy) is 2. The summed E-state index contributed by atoms with van der Waals surface area (Å²) in [6.45, 7) is 3.55. The van der Waals surface area contributed by atoms with Crippen LogP contribution in [0, 0.1) is 6.92 Å². The molecule has 2 aliphatic rings. The summed E-state index contributed by atoms with van der Waals surface area (Å²) in [6.07, 6.45) is 4.35. The molecule has 0 radical (unpaired) electrons. The number of methoxy groups -OCH3 is 2. The molecule has 2 aromatic heterocycles. The number of fused-ring (bicyclic) bond motifs is 1. The highest BCUT2D eigenvalue weighted by Gasteiger charge is 2.51. The first-order valence-corrected chi connectivity index (χ1v) is 9.82. The maximum Gasteiger partial charge on any atom is 0.134 e. The van der Waals surface area contributed by atoms with E-state index in [1.165, 1.54) is 0 Å². The number of aryl methyl sites for hydroxylation is 2. The van der Waals surface area contributed by atoms with Crippen molar-refractivity contribution in [1.29, 1.82) is 0 Å². The first kappa shape index (κ1) is 18.9. The highest BCUT2D eigenvalue weighted by molar-refractivity contribution is 6.30. The average Bonchev–Trinajstić information content (AvgIpc) is 3.34. The smallest absolute Gasteiger partial charge is 0.134 e. The zero-order chi connectivity index (χ0) is 19.2. The predicted molar refractivity (Wildman–Crippen MR) is 102 cm³/mol. The zero-order valence-electron chi connectivity index (χ0n) is 16.4. The van der Waals surface area contributed by atoms with Gasteiger partial charge in [0.25, 0.3) is 0 Å². The lowest BCUT2D eigenvalue weighted by Gasteiger charge is -2.43. The van der Waals surface area contributed by atoms with Crippen molar-refractivity contribution < 1.29 is 14.0 Å². The highest BCUT2D eigenvalue weighted by Crippen LogP contribution is 2.44. The van der Waals surface area contributed by atoms with Crippen molar-refractivity contribution in [1.82, 2.24) is 19.8 Å². The molecule has 2 fully saturated rings. The molecule has 1 saturated carbocycles. The number of rotatable bonds is 5. The van der Waals surface area contributed by atoms with Crippen LogP contribution < -0.4 is 0 Å². The van der Waals surface area contributed by atoms with Gasteiger partial charge in [0, 0.05) is 52.0 Å². The normalized spacial score (nSPS) is 28.6. The zero-order valence-corrected chi connectivity index (χ0v) is 17.1. The molecule has 1 aliphatic carbocycles. The van der Waals surface area contributed by atoms with Gasteiger partial charge in [-0.3, -0.25) is 9.58 Å². The van der Waals surface area contributed by atoms with Gasteiger partial charge in [-0.25, -0.2) is 0 Å². The fraction of sp³-hybridized carbons (Fsp3) is 0.684. The highest BCUT2D eigenvalue weighted by atomic mass is 35.5. The molecule has 27 heavy (non-hydrogen) atoms.